The van der Waals surface area contributed by atoms with Crippen molar-refractivity contribution in [1.82, 2.24) is 9.88 Å². The molecule has 7 nitrogen and oxygen atoms in total. The molecule has 2 atom stereocenters. The summed E-state index contributed by atoms with van der Waals surface area (Å²) < 4.78 is 17.8. The van der Waals surface area contributed by atoms with E-state index in [1.54, 1.807) is 0 Å². The lowest BCUT2D eigenvalue weighted by Gasteiger charge is -2.24. The van der Waals surface area contributed by atoms with Gasteiger partial charge >= 0.3 is 5.97 Å². The lowest BCUT2D eigenvalue weighted by Crippen LogP contribution is -2.35. The van der Waals surface area contributed by atoms with Crippen LogP contribution in [0.5, 0.6) is 11.8 Å². The summed E-state index contributed by atoms with van der Waals surface area (Å²) in [7, 11) is 0. The smallest absolute Gasteiger partial charge is 0.320 e. The molecule has 228 valence electrons. The SMILES string of the molecule is CC(C)(C)OC(=O)CN1C[C@@H]2CN(c3ccc(-c4ccc(OCc5ccccc5)nc4OCc4ccccc4)cc3)C[C@H]2C1. The van der Waals surface area contributed by atoms with E-state index in [9.17, 15) is 4.79 Å². The van der Waals surface area contributed by atoms with Crippen LogP contribution in [-0.2, 0) is 22.7 Å². The van der Waals surface area contributed by atoms with Gasteiger partial charge in [-0.25, -0.2) is 0 Å². The fourth-order valence-corrected chi connectivity index (χ4v) is 6.13. The molecular formula is C37H41N3O4. The number of benzene rings is 3. The molecule has 2 aliphatic heterocycles. The third-order valence-electron chi connectivity index (χ3n) is 8.16. The maximum atomic E-state index is 12.3. The van der Waals surface area contributed by atoms with E-state index in [2.05, 4.69) is 34.1 Å². The maximum Gasteiger partial charge on any atom is 0.320 e. The fraction of sp³-hybridized carbons (Fsp3) is 0.351. The van der Waals surface area contributed by atoms with E-state index >= 15 is 0 Å². The molecule has 3 aromatic carbocycles. The average molecular weight is 592 g/mol. The summed E-state index contributed by atoms with van der Waals surface area (Å²) in [6.45, 7) is 10.8. The van der Waals surface area contributed by atoms with Gasteiger partial charge in [-0.2, -0.15) is 4.98 Å². The molecule has 0 aliphatic carbocycles. The number of rotatable bonds is 10. The summed E-state index contributed by atoms with van der Waals surface area (Å²) in [6, 6.07) is 32.8. The molecule has 0 N–H and O–H groups in total. The van der Waals surface area contributed by atoms with Crippen LogP contribution in [0.3, 0.4) is 0 Å². The molecule has 0 radical (unpaired) electrons. The molecule has 0 amide bonds. The van der Waals surface area contributed by atoms with Crippen molar-refractivity contribution in [2.75, 3.05) is 37.6 Å². The highest BCUT2D eigenvalue weighted by Crippen LogP contribution is 2.36. The largest absolute Gasteiger partial charge is 0.473 e. The van der Waals surface area contributed by atoms with Crippen molar-refractivity contribution < 1.29 is 19.0 Å². The van der Waals surface area contributed by atoms with Crippen molar-refractivity contribution >= 4 is 11.7 Å². The number of carbonyl (C=O) groups is 1. The topological polar surface area (TPSA) is 64.1 Å². The Kier molecular flexibility index (Phi) is 8.84. The molecule has 0 unspecified atom stereocenters. The molecule has 2 aliphatic rings. The van der Waals surface area contributed by atoms with E-state index in [-0.39, 0.29) is 5.97 Å². The van der Waals surface area contributed by atoms with Crippen LogP contribution < -0.4 is 14.4 Å². The van der Waals surface area contributed by atoms with Gasteiger partial charge in [0.05, 0.1) is 6.54 Å². The monoisotopic (exact) mass is 591 g/mol. The molecule has 0 saturated carbocycles. The van der Waals surface area contributed by atoms with Gasteiger partial charge in [0, 0.05) is 43.5 Å². The van der Waals surface area contributed by atoms with Crippen molar-refractivity contribution in [2.24, 2.45) is 11.8 Å². The van der Waals surface area contributed by atoms with Crippen molar-refractivity contribution in [3.05, 3.63) is 108 Å². The lowest BCUT2D eigenvalue weighted by molar-refractivity contribution is -0.155. The number of hydrogen-bond acceptors (Lipinski definition) is 7. The molecule has 6 rings (SSSR count). The van der Waals surface area contributed by atoms with Crippen molar-refractivity contribution in [1.29, 1.82) is 0 Å². The molecule has 44 heavy (non-hydrogen) atoms. The summed E-state index contributed by atoms with van der Waals surface area (Å²) in [6.07, 6.45) is 0. The number of carbonyl (C=O) groups excluding carboxylic acids is 1. The molecule has 3 heterocycles. The number of pyridine rings is 1. The third kappa shape index (κ3) is 7.58. The maximum absolute atomic E-state index is 12.3. The summed E-state index contributed by atoms with van der Waals surface area (Å²) in [5.74, 6) is 2.06. The first kappa shape index (κ1) is 29.7. The molecule has 2 saturated heterocycles. The zero-order valence-electron chi connectivity index (χ0n) is 25.8. The number of aromatic nitrogens is 1. The molecule has 0 bridgehead atoms. The third-order valence-corrected chi connectivity index (χ3v) is 8.16. The first-order valence-electron chi connectivity index (χ1n) is 15.4. The van der Waals surface area contributed by atoms with Gasteiger partial charge in [-0.05, 0) is 67.5 Å². The van der Waals surface area contributed by atoms with E-state index < -0.39 is 5.60 Å². The van der Waals surface area contributed by atoms with Crippen LogP contribution in [-0.4, -0.2) is 54.2 Å². The number of ether oxygens (including phenoxy) is 3. The summed E-state index contributed by atoms with van der Waals surface area (Å²) >= 11 is 0. The van der Waals surface area contributed by atoms with Gasteiger partial charge in [-0.1, -0.05) is 72.8 Å². The fourth-order valence-electron chi connectivity index (χ4n) is 6.13. The van der Waals surface area contributed by atoms with Gasteiger partial charge in [0.25, 0.3) is 0 Å². The Hall–Kier alpha value is -4.36. The first-order chi connectivity index (χ1) is 21.3. The molecule has 4 aromatic rings. The Morgan fingerprint density at radius 2 is 1.34 bits per heavy atom. The number of fused-ring (bicyclic) bond motifs is 1. The van der Waals surface area contributed by atoms with Crippen LogP contribution in [0.4, 0.5) is 5.69 Å². The van der Waals surface area contributed by atoms with Gasteiger partial charge in [0.1, 0.15) is 18.8 Å². The van der Waals surface area contributed by atoms with Crippen LogP contribution in [0.1, 0.15) is 31.9 Å². The van der Waals surface area contributed by atoms with E-state index in [0.29, 0.717) is 43.4 Å². The molecule has 2 fully saturated rings. The first-order valence-corrected chi connectivity index (χ1v) is 15.4. The minimum Gasteiger partial charge on any atom is -0.473 e. The van der Waals surface area contributed by atoms with Crippen LogP contribution in [0, 0.1) is 11.8 Å². The number of hydrogen-bond donors (Lipinski definition) is 0. The Bertz CT molecular complexity index is 1520. The normalized spacial score (nSPS) is 18.2. The standard InChI is InChI=1S/C37H41N3O4/c1-37(2,3)44-35(41)24-39-20-30-22-40(23-31(30)21-39)32-16-14-29(15-17-32)33-18-19-34(42-25-27-10-6-4-7-11-27)38-36(33)43-26-28-12-8-5-9-13-28/h4-19,30-31H,20-26H2,1-3H3/t30-,31-/m1/s1. The highest BCUT2D eigenvalue weighted by molar-refractivity contribution is 5.72. The van der Waals surface area contributed by atoms with E-state index in [1.165, 1.54) is 5.69 Å². The highest BCUT2D eigenvalue weighted by atomic mass is 16.6. The Labute approximate surface area is 260 Å². The summed E-state index contributed by atoms with van der Waals surface area (Å²) in [5, 5.41) is 0. The summed E-state index contributed by atoms with van der Waals surface area (Å²) in [5.41, 5.74) is 4.90. The number of likely N-dealkylation sites (tertiary alicyclic amines) is 1. The van der Waals surface area contributed by atoms with Gasteiger partial charge in [0.15, 0.2) is 0 Å². The zero-order chi connectivity index (χ0) is 30.5. The highest BCUT2D eigenvalue weighted by Gasteiger charge is 2.40. The summed E-state index contributed by atoms with van der Waals surface area (Å²) in [4.78, 5) is 21.8. The van der Waals surface area contributed by atoms with Gasteiger partial charge in [-0.3, -0.25) is 9.69 Å². The van der Waals surface area contributed by atoms with Crippen LogP contribution >= 0.6 is 0 Å². The molecule has 0 spiro atoms. The molecule has 1 aromatic heterocycles. The van der Waals surface area contributed by atoms with Gasteiger partial charge < -0.3 is 19.1 Å². The quantitative estimate of drug-likeness (QED) is 0.192. The second-order valence-electron chi connectivity index (χ2n) is 12.8. The Morgan fingerprint density at radius 3 is 1.93 bits per heavy atom. The number of anilines is 1. The zero-order valence-corrected chi connectivity index (χ0v) is 25.8. The average Bonchev–Trinajstić information content (AvgIpc) is 3.58. The van der Waals surface area contributed by atoms with E-state index in [1.807, 2.05) is 93.6 Å². The lowest BCUT2D eigenvalue weighted by atomic mass is 10.0. The molecular weight excluding hydrogens is 550 g/mol. The minimum atomic E-state index is -0.446. The van der Waals surface area contributed by atoms with E-state index in [0.717, 1.165) is 48.4 Å². The predicted octanol–water partition coefficient (Wildman–Crippen LogP) is 6.62. The Balaban J connectivity index is 1.12. The minimum absolute atomic E-state index is 0.137. The van der Waals surface area contributed by atoms with Crippen molar-refractivity contribution in [2.45, 2.75) is 39.6 Å². The number of nitrogens with zero attached hydrogens (tertiary/aromatic N) is 3. The second-order valence-corrected chi connectivity index (χ2v) is 12.8. The van der Waals surface area contributed by atoms with Crippen LogP contribution in [0.25, 0.3) is 11.1 Å². The van der Waals surface area contributed by atoms with Crippen molar-refractivity contribution in [3.63, 3.8) is 0 Å². The Morgan fingerprint density at radius 1 is 0.750 bits per heavy atom. The second kappa shape index (κ2) is 13.1. The van der Waals surface area contributed by atoms with Crippen LogP contribution in [0.2, 0.25) is 0 Å². The van der Waals surface area contributed by atoms with E-state index in [4.69, 9.17) is 19.2 Å². The predicted molar refractivity (Wildman–Crippen MR) is 173 cm³/mol. The van der Waals surface area contributed by atoms with Crippen molar-refractivity contribution in [3.8, 4) is 22.9 Å². The molecule has 7 heteroatoms. The van der Waals surface area contributed by atoms with Gasteiger partial charge in [-0.15, -0.1) is 0 Å². The van der Waals surface area contributed by atoms with Gasteiger partial charge in [0.2, 0.25) is 11.8 Å². The number of esters is 1. The van der Waals surface area contributed by atoms with Crippen LogP contribution in [0.15, 0.2) is 97.1 Å².